The highest BCUT2D eigenvalue weighted by molar-refractivity contribution is 7.87. The lowest BCUT2D eigenvalue weighted by atomic mass is 10.2. The van der Waals surface area contributed by atoms with Crippen molar-refractivity contribution in [3.05, 3.63) is 81.8 Å². The first-order valence-electron chi connectivity index (χ1n) is 9.05. The van der Waals surface area contributed by atoms with Gasteiger partial charge in [-0.05, 0) is 79.6 Å². The van der Waals surface area contributed by atoms with Gasteiger partial charge in [-0.1, -0.05) is 29.3 Å². The lowest BCUT2D eigenvalue weighted by Crippen LogP contribution is -2.11. The maximum absolute atomic E-state index is 12.6. The van der Waals surface area contributed by atoms with Crippen LogP contribution in [-0.4, -0.2) is 21.2 Å². The molecule has 3 aromatic carbocycles. The molecule has 5 nitrogen and oxygen atoms in total. The van der Waals surface area contributed by atoms with Crippen LogP contribution in [0.3, 0.4) is 0 Å². The minimum Gasteiger partial charge on any atom is -0.490 e. The first-order valence-corrected chi connectivity index (χ1v) is 11.2. The molecule has 0 radical (unpaired) electrons. The fourth-order valence-electron chi connectivity index (χ4n) is 2.52. The zero-order valence-corrected chi connectivity index (χ0v) is 18.6. The van der Waals surface area contributed by atoms with E-state index in [9.17, 15) is 8.42 Å². The molecular formula is C22H19Cl2NO4S. The summed E-state index contributed by atoms with van der Waals surface area (Å²) in [6, 6.07) is 16.1. The number of benzene rings is 3. The van der Waals surface area contributed by atoms with E-state index in [1.807, 2.05) is 19.1 Å². The van der Waals surface area contributed by atoms with Gasteiger partial charge in [-0.15, -0.1) is 0 Å². The summed E-state index contributed by atoms with van der Waals surface area (Å²) >= 11 is 11.9. The predicted octanol–water partition coefficient (Wildman–Crippen LogP) is 6.22. The summed E-state index contributed by atoms with van der Waals surface area (Å²) in [6.07, 6.45) is 1.64. The van der Waals surface area contributed by atoms with Crippen molar-refractivity contribution in [1.82, 2.24) is 0 Å². The van der Waals surface area contributed by atoms with Crippen LogP contribution in [0.25, 0.3) is 0 Å². The first-order chi connectivity index (χ1) is 14.3. The van der Waals surface area contributed by atoms with Crippen molar-refractivity contribution >= 4 is 45.2 Å². The van der Waals surface area contributed by atoms with Crippen LogP contribution in [-0.2, 0) is 10.1 Å². The Morgan fingerprint density at radius 3 is 2.37 bits per heavy atom. The van der Waals surface area contributed by atoms with E-state index in [2.05, 4.69) is 4.99 Å². The Kier molecular flexibility index (Phi) is 7.02. The Morgan fingerprint density at radius 2 is 1.70 bits per heavy atom. The highest BCUT2D eigenvalue weighted by Crippen LogP contribution is 2.31. The molecular weight excluding hydrogens is 445 g/mol. The van der Waals surface area contributed by atoms with Crippen molar-refractivity contribution in [2.24, 2.45) is 4.99 Å². The monoisotopic (exact) mass is 463 g/mol. The smallest absolute Gasteiger partial charge is 0.339 e. The number of aryl methyl sites for hydroxylation is 1. The third kappa shape index (κ3) is 5.53. The van der Waals surface area contributed by atoms with Crippen LogP contribution in [0.2, 0.25) is 10.0 Å². The Balaban J connectivity index is 1.86. The Bertz CT molecular complexity index is 1180. The van der Waals surface area contributed by atoms with Gasteiger partial charge in [0, 0.05) is 16.3 Å². The first kappa shape index (κ1) is 22.2. The van der Waals surface area contributed by atoms with Crippen molar-refractivity contribution in [2.75, 3.05) is 6.61 Å². The number of halogens is 2. The molecule has 0 heterocycles. The van der Waals surface area contributed by atoms with Crippen LogP contribution in [0.15, 0.2) is 70.6 Å². The van der Waals surface area contributed by atoms with E-state index < -0.39 is 10.1 Å². The van der Waals surface area contributed by atoms with Crippen LogP contribution in [0.4, 0.5) is 5.69 Å². The lowest BCUT2D eigenvalue weighted by Gasteiger charge is -2.12. The summed E-state index contributed by atoms with van der Waals surface area (Å²) in [4.78, 5) is 4.40. The van der Waals surface area contributed by atoms with Crippen LogP contribution in [0, 0.1) is 6.92 Å². The highest BCUT2D eigenvalue weighted by Gasteiger charge is 2.19. The van der Waals surface area contributed by atoms with Gasteiger partial charge in [0.25, 0.3) is 0 Å². The van der Waals surface area contributed by atoms with Crippen molar-refractivity contribution in [3.63, 3.8) is 0 Å². The summed E-state index contributed by atoms with van der Waals surface area (Å²) in [5.74, 6) is 0.378. The molecule has 0 spiro atoms. The summed E-state index contributed by atoms with van der Waals surface area (Å²) in [5.41, 5.74) is 2.39. The van der Waals surface area contributed by atoms with Gasteiger partial charge in [0.15, 0.2) is 11.5 Å². The van der Waals surface area contributed by atoms with Gasteiger partial charge >= 0.3 is 10.1 Å². The number of ether oxygens (including phenoxy) is 1. The number of hydrogen-bond donors (Lipinski definition) is 0. The average Bonchev–Trinajstić information content (AvgIpc) is 2.71. The van der Waals surface area contributed by atoms with Gasteiger partial charge in [-0.2, -0.15) is 8.42 Å². The van der Waals surface area contributed by atoms with Gasteiger partial charge in [0.2, 0.25) is 0 Å². The van der Waals surface area contributed by atoms with Crippen molar-refractivity contribution in [2.45, 2.75) is 18.7 Å². The van der Waals surface area contributed by atoms with Crippen LogP contribution >= 0.6 is 23.2 Å². The second-order valence-electron chi connectivity index (χ2n) is 6.32. The number of aliphatic imine (C=N–C) groups is 1. The SMILES string of the molecule is CCOc1cc(C=Nc2ccc(C)c(Cl)c2)ccc1OS(=O)(=O)c1ccc(Cl)cc1. The van der Waals surface area contributed by atoms with Gasteiger partial charge in [0.05, 0.1) is 12.3 Å². The summed E-state index contributed by atoms with van der Waals surface area (Å²) in [5, 5.41) is 1.07. The lowest BCUT2D eigenvalue weighted by molar-refractivity contribution is 0.327. The van der Waals surface area contributed by atoms with Crippen LogP contribution in [0.5, 0.6) is 11.5 Å². The highest BCUT2D eigenvalue weighted by atomic mass is 35.5. The van der Waals surface area contributed by atoms with E-state index in [0.717, 1.165) is 5.56 Å². The molecule has 0 aliphatic rings. The molecule has 0 unspecified atom stereocenters. The van der Waals surface area contributed by atoms with Crippen molar-refractivity contribution < 1.29 is 17.3 Å². The quantitative estimate of drug-likeness (QED) is 0.308. The molecule has 0 amide bonds. The second kappa shape index (κ2) is 9.51. The predicted molar refractivity (Wildman–Crippen MR) is 120 cm³/mol. The topological polar surface area (TPSA) is 65.0 Å². The van der Waals surface area contributed by atoms with E-state index in [4.69, 9.17) is 32.1 Å². The maximum atomic E-state index is 12.6. The fourth-order valence-corrected chi connectivity index (χ4v) is 3.76. The van der Waals surface area contributed by atoms with Crippen LogP contribution in [0.1, 0.15) is 18.1 Å². The average molecular weight is 464 g/mol. The van der Waals surface area contributed by atoms with E-state index in [1.165, 1.54) is 30.3 Å². The minimum absolute atomic E-state index is 0.00348. The summed E-state index contributed by atoms with van der Waals surface area (Å²) in [7, 11) is -4.03. The summed E-state index contributed by atoms with van der Waals surface area (Å²) in [6.45, 7) is 4.05. The van der Waals surface area contributed by atoms with Gasteiger partial charge in [-0.25, -0.2) is 0 Å². The Labute approximate surface area is 186 Å². The van der Waals surface area contributed by atoms with Crippen molar-refractivity contribution in [1.29, 1.82) is 0 Å². The molecule has 0 atom stereocenters. The fraction of sp³-hybridized carbons (Fsp3) is 0.136. The Morgan fingerprint density at radius 1 is 0.967 bits per heavy atom. The zero-order valence-electron chi connectivity index (χ0n) is 16.3. The molecule has 156 valence electrons. The molecule has 0 fully saturated rings. The third-order valence-corrected chi connectivity index (χ3v) is 6.00. The van der Waals surface area contributed by atoms with E-state index in [1.54, 1.807) is 31.3 Å². The number of nitrogens with zero attached hydrogens (tertiary/aromatic N) is 1. The zero-order chi connectivity index (χ0) is 21.7. The van der Waals surface area contributed by atoms with Gasteiger partial charge in [0.1, 0.15) is 4.90 Å². The standard InChI is InChI=1S/C22H19Cl2NO4S/c1-3-28-22-12-16(14-25-18-8-4-15(2)20(24)13-18)5-11-21(22)29-30(26,27)19-9-6-17(23)7-10-19/h4-14H,3H2,1-2H3. The molecule has 3 aromatic rings. The van der Waals surface area contributed by atoms with E-state index in [0.29, 0.717) is 33.7 Å². The summed E-state index contributed by atoms with van der Waals surface area (Å²) < 4.78 is 36.0. The molecule has 0 saturated carbocycles. The van der Waals surface area contributed by atoms with E-state index >= 15 is 0 Å². The van der Waals surface area contributed by atoms with Crippen molar-refractivity contribution in [3.8, 4) is 11.5 Å². The second-order valence-corrected chi connectivity index (χ2v) is 8.71. The van der Waals surface area contributed by atoms with Gasteiger partial charge in [-0.3, -0.25) is 4.99 Å². The number of rotatable bonds is 7. The largest absolute Gasteiger partial charge is 0.490 e. The minimum atomic E-state index is -4.03. The number of hydrogen-bond acceptors (Lipinski definition) is 5. The molecule has 0 N–H and O–H groups in total. The molecule has 3 rings (SSSR count). The third-order valence-electron chi connectivity index (χ3n) is 4.09. The molecule has 0 bridgehead atoms. The van der Waals surface area contributed by atoms with Gasteiger partial charge < -0.3 is 8.92 Å². The normalized spacial score (nSPS) is 11.6. The molecule has 8 heteroatoms. The van der Waals surface area contributed by atoms with E-state index in [-0.39, 0.29) is 10.6 Å². The molecule has 0 aromatic heterocycles. The van der Waals surface area contributed by atoms with Crippen LogP contribution < -0.4 is 8.92 Å². The maximum Gasteiger partial charge on any atom is 0.339 e. The Hall–Kier alpha value is -2.54. The molecule has 0 aliphatic heterocycles. The molecule has 0 aliphatic carbocycles. The molecule has 0 saturated heterocycles. The molecule has 30 heavy (non-hydrogen) atoms.